The van der Waals surface area contributed by atoms with Crippen molar-refractivity contribution in [2.24, 2.45) is 5.92 Å². The Labute approximate surface area is 125 Å². The maximum atomic E-state index is 5.91. The molecule has 0 radical (unpaired) electrons. The minimum Gasteiger partial charge on any atom is -0.481 e. The molecule has 1 unspecified atom stereocenters. The normalized spacial score (nSPS) is 13.1. The van der Waals surface area contributed by atoms with Gasteiger partial charge in [-0.15, -0.1) is 11.6 Å². The predicted molar refractivity (Wildman–Crippen MR) is 82.7 cm³/mol. The molecule has 0 fully saturated rings. The van der Waals surface area contributed by atoms with Gasteiger partial charge in [0.2, 0.25) is 5.88 Å². The molecule has 0 bridgehead atoms. The Morgan fingerprint density at radius 3 is 2.60 bits per heavy atom. The van der Waals surface area contributed by atoms with E-state index in [0.717, 1.165) is 29.8 Å². The van der Waals surface area contributed by atoms with Crippen LogP contribution in [0.1, 0.15) is 39.1 Å². The van der Waals surface area contributed by atoms with Gasteiger partial charge in [0, 0.05) is 24.4 Å². The third-order valence-corrected chi connectivity index (χ3v) is 3.55. The molecule has 0 saturated carbocycles. The molecule has 0 aliphatic rings. The molecule has 4 nitrogen and oxygen atoms in total. The summed E-state index contributed by atoms with van der Waals surface area (Å²) in [7, 11) is 1.63. The van der Waals surface area contributed by atoms with E-state index in [4.69, 9.17) is 16.3 Å². The number of pyridine rings is 1. The van der Waals surface area contributed by atoms with Gasteiger partial charge in [0.05, 0.1) is 7.11 Å². The molecule has 2 aromatic heterocycles. The van der Waals surface area contributed by atoms with Crippen LogP contribution >= 0.6 is 11.6 Å². The maximum absolute atomic E-state index is 5.91. The highest BCUT2D eigenvalue weighted by Crippen LogP contribution is 2.26. The first-order valence-corrected chi connectivity index (χ1v) is 7.58. The number of hydrogen-bond donors (Lipinski definition) is 0. The van der Waals surface area contributed by atoms with Gasteiger partial charge in [0.1, 0.15) is 11.3 Å². The number of imidazole rings is 1. The first kappa shape index (κ1) is 15.1. The summed E-state index contributed by atoms with van der Waals surface area (Å²) in [5.41, 5.74) is 1.79. The molecule has 0 aliphatic heterocycles. The van der Waals surface area contributed by atoms with Crippen molar-refractivity contribution in [3.63, 3.8) is 0 Å². The fraction of sp³-hybridized carbons (Fsp3) is 0.600. The number of methoxy groups -OCH3 is 1. The fourth-order valence-corrected chi connectivity index (χ4v) is 2.80. The van der Waals surface area contributed by atoms with Crippen molar-refractivity contribution >= 4 is 22.8 Å². The Balaban J connectivity index is 2.53. The monoisotopic (exact) mass is 295 g/mol. The summed E-state index contributed by atoms with van der Waals surface area (Å²) >= 11 is 5.91. The molecule has 0 saturated heterocycles. The Morgan fingerprint density at radius 1 is 1.25 bits per heavy atom. The van der Waals surface area contributed by atoms with Crippen LogP contribution in [0.3, 0.4) is 0 Å². The molecule has 2 aromatic rings. The van der Waals surface area contributed by atoms with Gasteiger partial charge in [-0.2, -0.15) is 4.98 Å². The molecular formula is C15H22ClN3O. The zero-order valence-electron chi connectivity index (χ0n) is 12.6. The van der Waals surface area contributed by atoms with Gasteiger partial charge >= 0.3 is 0 Å². The molecule has 0 spiro atoms. The number of aryl methyl sites for hydroxylation is 1. The Kier molecular flexibility index (Phi) is 4.86. The van der Waals surface area contributed by atoms with Gasteiger partial charge < -0.3 is 9.30 Å². The minimum absolute atomic E-state index is 0.345. The van der Waals surface area contributed by atoms with E-state index in [0.29, 0.717) is 23.7 Å². The molecule has 2 rings (SSSR count). The predicted octanol–water partition coefficient (Wildman–Crippen LogP) is 3.83. The molecule has 0 aliphatic carbocycles. The summed E-state index contributed by atoms with van der Waals surface area (Å²) in [4.78, 5) is 9.23. The quantitative estimate of drug-likeness (QED) is 0.760. The molecule has 110 valence electrons. The van der Waals surface area contributed by atoms with Gasteiger partial charge in [-0.3, -0.25) is 0 Å². The highest BCUT2D eigenvalue weighted by molar-refractivity contribution is 6.17. The van der Waals surface area contributed by atoms with Crippen LogP contribution in [-0.4, -0.2) is 27.5 Å². The number of nitrogens with zero attached hydrogens (tertiary/aromatic N) is 3. The zero-order chi connectivity index (χ0) is 14.7. The van der Waals surface area contributed by atoms with E-state index in [1.165, 1.54) is 0 Å². The number of hydrogen-bond acceptors (Lipinski definition) is 3. The fourth-order valence-electron chi connectivity index (χ4n) is 2.63. The highest BCUT2D eigenvalue weighted by atomic mass is 35.5. The number of rotatable bonds is 6. The standard InChI is InChI=1S/C15H22ClN3O/c1-10(2)9-11(3)19-13(7-8-16)17-12-5-6-14(20-4)18-15(12)19/h5-6,10-11H,7-9H2,1-4H3. The number of aromatic nitrogens is 3. The second kappa shape index (κ2) is 6.44. The summed E-state index contributed by atoms with van der Waals surface area (Å²) in [6.07, 6.45) is 1.84. The third kappa shape index (κ3) is 3.06. The molecule has 2 heterocycles. The largest absolute Gasteiger partial charge is 0.481 e. The average Bonchev–Trinajstić information content (AvgIpc) is 2.75. The SMILES string of the molecule is COc1ccc2nc(CCCl)n(C(C)CC(C)C)c2n1. The third-order valence-electron chi connectivity index (χ3n) is 3.37. The highest BCUT2D eigenvalue weighted by Gasteiger charge is 2.18. The molecular weight excluding hydrogens is 274 g/mol. The lowest BCUT2D eigenvalue weighted by molar-refractivity contribution is 0.396. The van der Waals surface area contributed by atoms with Gasteiger partial charge in [0.25, 0.3) is 0 Å². The number of halogens is 1. The smallest absolute Gasteiger partial charge is 0.215 e. The molecule has 20 heavy (non-hydrogen) atoms. The van der Waals surface area contributed by atoms with Crippen molar-refractivity contribution in [1.82, 2.24) is 14.5 Å². The lowest BCUT2D eigenvalue weighted by Gasteiger charge is -2.18. The van der Waals surface area contributed by atoms with Crippen LogP contribution in [0, 0.1) is 5.92 Å². The van der Waals surface area contributed by atoms with E-state index in [-0.39, 0.29) is 0 Å². The van der Waals surface area contributed by atoms with Crippen molar-refractivity contribution in [3.8, 4) is 5.88 Å². The van der Waals surface area contributed by atoms with E-state index >= 15 is 0 Å². The lowest BCUT2D eigenvalue weighted by Crippen LogP contribution is -2.12. The summed E-state index contributed by atoms with van der Waals surface area (Å²) in [5, 5.41) is 0. The van der Waals surface area contributed by atoms with Crippen molar-refractivity contribution in [1.29, 1.82) is 0 Å². The average molecular weight is 296 g/mol. The van der Waals surface area contributed by atoms with E-state index in [2.05, 4.69) is 35.3 Å². The van der Waals surface area contributed by atoms with Gasteiger partial charge in [-0.05, 0) is 25.3 Å². The van der Waals surface area contributed by atoms with Gasteiger partial charge in [-0.25, -0.2) is 4.98 Å². The molecule has 5 heteroatoms. The van der Waals surface area contributed by atoms with Crippen LogP contribution in [0.25, 0.3) is 11.2 Å². The van der Waals surface area contributed by atoms with Crippen LogP contribution < -0.4 is 4.74 Å². The minimum atomic E-state index is 0.345. The molecule has 0 amide bonds. The summed E-state index contributed by atoms with van der Waals surface area (Å²) in [6, 6.07) is 4.15. The van der Waals surface area contributed by atoms with Crippen LogP contribution in [0.5, 0.6) is 5.88 Å². The molecule has 1 atom stereocenters. The Hall–Kier alpha value is -1.29. The number of fused-ring (bicyclic) bond motifs is 1. The topological polar surface area (TPSA) is 39.9 Å². The molecule has 0 aromatic carbocycles. The lowest BCUT2D eigenvalue weighted by atomic mass is 10.0. The van der Waals surface area contributed by atoms with Crippen LogP contribution in [0.4, 0.5) is 0 Å². The van der Waals surface area contributed by atoms with Gasteiger partial charge in [0.15, 0.2) is 5.65 Å². The van der Waals surface area contributed by atoms with Crippen LogP contribution in [0.2, 0.25) is 0 Å². The number of ether oxygens (including phenoxy) is 1. The summed E-state index contributed by atoms with van der Waals surface area (Å²) in [5.74, 6) is 2.81. The van der Waals surface area contributed by atoms with Crippen LogP contribution in [-0.2, 0) is 6.42 Å². The first-order chi connectivity index (χ1) is 9.56. The summed E-state index contributed by atoms with van der Waals surface area (Å²) < 4.78 is 7.44. The van der Waals surface area contributed by atoms with E-state index in [9.17, 15) is 0 Å². The van der Waals surface area contributed by atoms with Crippen molar-refractivity contribution in [2.45, 2.75) is 39.7 Å². The van der Waals surface area contributed by atoms with E-state index in [1.807, 2.05) is 12.1 Å². The Morgan fingerprint density at radius 2 is 2.00 bits per heavy atom. The zero-order valence-corrected chi connectivity index (χ0v) is 13.3. The molecule has 0 N–H and O–H groups in total. The summed E-state index contributed by atoms with van der Waals surface area (Å²) in [6.45, 7) is 6.66. The van der Waals surface area contributed by atoms with E-state index in [1.54, 1.807) is 7.11 Å². The number of alkyl halides is 1. The second-order valence-corrected chi connectivity index (χ2v) is 5.89. The van der Waals surface area contributed by atoms with Crippen molar-refractivity contribution in [2.75, 3.05) is 13.0 Å². The van der Waals surface area contributed by atoms with Crippen molar-refractivity contribution in [3.05, 3.63) is 18.0 Å². The van der Waals surface area contributed by atoms with Crippen LogP contribution in [0.15, 0.2) is 12.1 Å². The second-order valence-electron chi connectivity index (χ2n) is 5.51. The van der Waals surface area contributed by atoms with E-state index < -0.39 is 0 Å². The van der Waals surface area contributed by atoms with Gasteiger partial charge in [-0.1, -0.05) is 13.8 Å². The Bertz CT molecular complexity index is 580. The maximum Gasteiger partial charge on any atom is 0.215 e. The first-order valence-electron chi connectivity index (χ1n) is 7.04. The van der Waals surface area contributed by atoms with Crippen molar-refractivity contribution < 1.29 is 4.74 Å².